The number of nitrogens with one attached hydrogen (secondary N) is 1. The molecule has 3 rings (SSSR count). The van der Waals surface area contributed by atoms with Crippen molar-refractivity contribution >= 4 is 27.5 Å². The molecule has 0 aromatic carbocycles. The summed E-state index contributed by atoms with van der Waals surface area (Å²) >= 11 is 1.44. The van der Waals surface area contributed by atoms with Crippen LogP contribution in [0.4, 0.5) is 0 Å². The topological polar surface area (TPSA) is 64.0 Å². The van der Waals surface area contributed by atoms with Crippen LogP contribution >= 0.6 is 11.3 Å². The van der Waals surface area contributed by atoms with Crippen LogP contribution in [0.5, 0.6) is 0 Å². The zero-order chi connectivity index (χ0) is 18.0. The lowest BCUT2D eigenvalue weighted by molar-refractivity contribution is -0.122. The number of hydrogen-bond donors (Lipinski definition) is 1. The number of rotatable bonds is 5. The summed E-state index contributed by atoms with van der Waals surface area (Å²) in [5, 5.41) is 5.54. The average molecular weight is 362 g/mol. The second-order valence-electron chi connectivity index (χ2n) is 7.78. The molecule has 0 bridgehead atoms. The number of carbonyl (C=O) groups is 1. The van der Waals surface area contributed by atoms with Gasteiger partial charge in [0, 0.05) is 6.04 Å². The monoisotopic (exact) mass is 361 g/mol. The fraction of sp³-hybridized carbons (Fsp3) is 0.632. The van der Waals surface area contributed by atoms with Crippen molar-refractivity contribution in [2.24, 2.45) is 11.3 Å². The molecule has 2 aromatic heterocycles. The highest BCUT2D eigenvalue weighted by Crippen LogP contribution is 2.40. The molecular weight excluding hydrogens is 334 g/mol. The van der Waals surface area contributed by atoms with E-state index in [9.17, 15) is 9.59 Å². The molecule has 25 heavy (non-hydrogen) atoms. The van der Waals surface area contributed by atoms with Crippen LogP contribution in [0.2, 0.25) is 0 Å². The SMILES string of the molecule is CCC(C)(C)C1CCC(NC(=O)Cn2cnc3sccc3c2=O)CC1. The first-order valence-corrected chi connectivity index (χ1v) is 10.0. The first-order valence-electron chi connectivity index (χ1n) is 9.12. The summed E-state index contributed by atoms with van der Waals surface area (Å²) in [6.07, 6.45) is 7.03. The third-order valence-electron chi connectivity index (χ3n) is 5.87. The minimum Gasteiger partial charge on any atom is -0.352 e. The summed E-state index contributed by atoms with van der Waals surface area (Å²) in [5.41, 5.74) is 0.235. The zero-order valence-electron chi connectivity index (χ0n) is 15.2. The predicted octanol–water partition coefficient (Wildman–Crippen LogP) is 3.57. The molecule has 0 unspecified atom stereocenters. The van der Waals surface area contributed by atoms with E-state index in [-0.39, 0.29) is 24.1 Å². The quantitative estimate of drug-likeness (QED) is 0.885. The van der Waals surface area contributed by atoms with E-state index in [1.54, 1.807) is 6.07 Å². The van der Waals surface area contributed by atoms with Gasteiger partial charge in [-0.3, -0.25) is 14.2 Å². The molecule has 0 radical (unpaired) electrons. The number of hydrogen-bond acceptors (Lipinski definition) is 4. The summed E-state index contributed by atoms with van der Waals surface area (Å²) in [5.74, 6) is 0.634. The maximum absolute atomic E-state index is 12.4. The molecule has 0 atom stereocenters. The Balaban J connectivity index is 1.56. The zero-order valence-corrected chi connectivity index (χ0v) is 16.1. The lowest BCUT2D eigenvalue weighted by Crippen LogP contribution is -2.42. The highest BCUT2D eigenvalue weighted by Gasteiger charge is 2.32. The maximum atomic E-state index is 12.4. The van der Waals surface area contributed by atoms with Crippen LogP contribution < -0.4 is 10.9 Å². The van der Waals surface area contributed by atoms with Gasteiger partial charge in [-0.1, -0.05) is 27.2 Å². The second kappa shape index (κ2) is 7.28. The summed E-state index contributed by atoms with van der Waals surface area (Å²) < 4.78 is 1.40. The second-order valence-corrected chi connectivity index (χ2v) is 8.67. The van der Waals surface area contributed by atoms with E-state index in [0.717, 1.165) is 36.4 Å². The molecular formula is C19H27N3O2S. The van der Waals surface area contributed by atoms with Gasteiger partial charge >= 0.3 is 0 Å². The minimum atomic E-state index is -0.144. The van der Waals surface area contributed by atoms with Crippen molar-refractivity contribution in [1.29, 1.82) is 0 Å². The van der Waals surface area contributed by atoms with E-state index >= 15 is 0 Å². The van der Waals surface area contributed by atoms with Crippen LogP contribution in [0.25, 0.3) is 10.2 Å². The Kier molecular flexibility index (Phi) is 5.27. The molecule has 1 aliphatic rings. The number of aromatic nitrogens is 2. The Hall–Kier alpha value is -1.69. The summed E-state index contributed by atoms with van der Waals surface area (Å²) in [7, 11) is 0. The van der Waals surface area contributed by atoms with Crippen molar-refractivity contribution in [2.75, 3.05) is 0 Å². The number of carbonyl (C=O) groups excluding carboxylic acids is 1. The van der Waals surface area contributed by atoms with Crippen molar-refractivity contribution in [2.45, 2.75) is 65.5 Å². The highest BCUT2D eigenvalue weighted by atomic mass is 32.1. The molecule has 5 nitrogen and oxygen atoms in total. The number of thiophene rings is 1. The molecule has 1 N–H and O–H groups in total. The highest BCUT2D eigenvalue weighted by molar-refractivity contribution is 7.16. The van der Waals surface area contributed by atoms with Gasteiger partial charge in [0.2, 0.25) is 5.91 Å². The summed E-state index contributed by atoms with van der Waals surface area (Å²) in [4.78, 5) is 29.7. The molecule has 136 valence electrons. The molecule has 2 heterocycles. The average Bonchev–Trinajstić information content (AvgIpc) is 3.07. The van der Waals surface area contributed by atoms with Gasteiger partial charge in [-0.15, -0.1) is 11.3 Å². The fourth-order valence-corrected chi connectivity index (χ4v) is 4.47. The van der Waals surface area contributed by atoms with E-state index in [1.807, 2.05) is 5.38 Å². The maximum Gasteiger partial charge on any atom is 0.262 e. The van der Waals surface area contributed by atoms with Gasteiger partial charge in [-0.25, -0.2) is 4.98 Å². The first kappa shape index (κ1) is 18.1. The van der Waals surface area contributed by atoms with Gasteiger partial charge in [-0.2, -0.15) is 0 Å². The van der Waals surface area contributed by atoms with Gasteiger partial charge < -0.3 is 5.32 Å². The van der Waals surface area contributed by atoms with Gasteiger partial charge in [-0.05, 0) is 48.5 Å². The van der Waals surface area contributed by atoms with Crippen LogP contribution in [-0.2, 0) is 11.3 Å². The fourth-order valence-electron chi connectivity index (χ4n) is 3.74. The third-order valence-corrected chi connectivity index (χ3v) is 6.69. The Labute approximate surface area is 152 Å². The smallest absolute Gasteiger partial charge is 0.262 e. The molecule has 1 fully saturated rings. The Morgan fingerprint density at radius 3 is 2.76 bits per heavy atom. The summed E-state index contributed by atoms with van der Waals surface area (Å²) in [6.45, 7) is 6.98. The molecule has 0 spiro atoms. The van der Waals surface area contributed by atoms with Gasteiger partial charge in [0.05, 0.1) is 11.7 Å². The Morgan fingerprint density at radius 1 is 1.36 bits per heavy atom. The molecule has 1 aliphatic carbocycles. The van der Waals surface area contributed by atoms with E-state index in [0.29, 0.717) is 10.8 Å². The lowest BCUT2D eigenvalue weighted by Gasteiger charge is -2.39. The summed E-state index contributed by atoms with van der Waals surface area (Å²) in [6, 6.07) is 1.99. The van der Waals surface area contributed by atoms with Crippen LogP contribution in [-0.4, -0.2) is 21.5 Å². The lowest BCUT2D eigenvalue weighted by atomic mass is 9.69. The molecule has 1 saturated carbocycles. The van der Waals surface area contributed by atoms with Crippen molar-refractivity contribution < 1.29 is 4.79 Å². The van der Waals surface area contributed by atoms with Crippen LogP contribution in [0, 0.1) is 11.3 Å². The van der Waals surface area contributed by atoms with Crippen molar-refractivity contribution in [1.82, 2.24) is 14.9 Å². The largest absolute Gasteiger partial charge is 0.352 e. The third kappa shape index (κ3) is 3.94. The number of nitrogens with zero attached hydrogens (tertiary/aromatic N) is 2. The molecule has 0 saturated heterocycles. The van der Waals surface area contributed by atoms with Gasteiger partial charge in [0.15, 0.2) is 0 Å². The van der Waals surface area contributed by atoms with Gasteiger partial charge in [0.25, 0.3) is 5.56 Å². The van der Waals surface area contributed by atoms with Crippen LogP contribution in [0.1, 0.15) is 52.9 Å². The molecule has 6 heteroatoms. The number of fused-ring (bicyclic) bond motifs is 1. The van der Waals surface area contributed by atoms with Crippen molar-refractivity contribution in [3.63, 3.8) is 0 Å². The Morgan fingerprint density at radius 2 is 2.08 bits per heavy atom. The van der Waals surface area contributed by atoms with Crippen molar-refractivity contribution in [3.05, 3.63) is 28.1 Å². The normalized spacial score (nSPS) is 21.4. The molecule has 0 aliphatic heterocycles. The van der Waals surface area contributed by atoms with Crippen molar-refractivity contribution in [3.8, 4) is 0 Å². The van der Waals surface area contributed by atoms with E-state index < -0.39 is 0 Å². The van der Waals surface area contributed by atoms with Crippen LogP contribution in [0.3, 0.4) is 0 Å². The van der Waals surface area contributed by atoms with Crippen LogP contribution in [0.15, 0.2) is 22.6 Å². The predicted molar refractivity (Wildman–Crippen MR) is 102 cm³/mol. The molecule has 2 aromatic rings. The minimum absolute atomic E-state index is 0.0397. The molecule has 1 amide bonds. The standard InChI is InChI=1S/C19H27N3O2S/c1-4-19(2,3)13-5-7-14(8-6-13)21-16(23)11-22-12-20-17-15(18(22)24)9-10-25-17/h9-10,12-14H,4-8,11H2,1-3H3,(H,21,23). The first-order chi connectivity index (χ1) is 11.9. The Bertz CT molecular complexity index is 800. The van der Waals surface area contributed by atoms with E-state index in [4.69, 9.17) is 0 Å². The van der Waals surface area contributed by atoms with E-state index in [2.05, 4.69) is 31.1 Å². The number of amides is 1. The van der Waals surface area contributed by atoms with Gasteiger partial charge in [0.1, 0.15) is 11.4 Å². The van der Waals surface area contributed by atoms with E-state index in [1.165, 1.54) is 28.7 Å².